The molecule has 0 saturated carbocycles. The number of hydrogen-bond donors (Lipinski definition) is 1. The summed E-state index contributed by atoms with van der Waals surface area (Å²) in [4.78, 5) is 24.7. The summed E-state index contributed by atoms with van der Waals surface area (Å²) in [6.07, 6.45) is 0.0843. The molecule has 4 rings (SSSR count). The molecule has 0 bridgehead atoms. The lowest BCUT2D eigenvalue weighted by atomic mass is 10.1. The summed E-state index contributed by atoms with van der Waals surface area (Å²) in [5, 5.41) is 8.41. The van der Waals surface area contributed by atoms with E-state index in [0.717, 1.165) is 5.56 Å². The van der Waals surface area contributed by atoms with Crippen molar-refractivity contribution in [2.45, 2.75) is 13.0 Å². The summed E-state index contributed by atoms with van der Waals surface area (Å²) in [5.41, 5.74) is 1.25. The predicted octanol–water partition coefficient (Wildman–Crippen LogP) is 1.56. The van der Waals surface area contributed by atoms with Gasteiger partial charge in [0.2, 0.25) is 5.91 Å². The van der Waals surface area contributed by atoms with E-state index in [2.05, 4.69) is 10.4 Å². The highest BCUT2D eigenvalue weighted by Crippen LogP contribution is 2.33. The van der Waals surface area contributed by atoms with Crippen LogP contribution >= 0.6 is 0 Å². The maximum atomic E-state index is 12.5. The van der Waals surface area contributed by atoms with Crippen LogP contribution in [-0.4, -0.2) is 28.9 Å². The molecule has 7 heteroatoms. The van der Waals surface area contributed by atoms with Gasteiger partial charge in [0.15, 0.2) is 11.5 Å². The van der Waals surface area contributed by atoms with Crippen molar-refractivity contribution in [3.63, 3.8) is 0 Å². The normalized spacial score (nSPS) is 12.8. The van der Waals surface area contributed by atoms with Gasteiger partial charge in [-0.3, -0.25) is 9.59 Å². The summed E-state index contributed by atoms with van der Waals surface area (Å²) in [7, 11) is 1.59. The van der Waals surface area contributed by atoms with Crippen LogP contribution in [0.25, 0.3) is 10.8 Å². The third kappa shape index (κ3) is 3.36. The van der Waals surface area contributed by atoms with Crippen LogP contribution in [0.1, 0.15) is 11.3 Å². The van der Waals surface area contributed by atoms with Gasteiger partial charge in [0.25, 0.3) is 5.56 Å². The first-order chi connectivity index (χ1) is 13.1. The number of hydrogen-bond acceptors (Lipinski definition) is 5. The van der Waals surface area contributed by atoms with E-state index in [1.807, 2.05) is 30.3 Å². The van der Waals surface area contributed by atoms with Crippen molar-refractivity contribution in [1.82, 2.24) is 15.1 Å². The molecule has 138 valence electrons. The van der Waals surface area contributed by atoms with E-state index < -0.39 is 0 Å². The van der Waals surface area contributed by atoms with Crippen molar-refractivity contribution in [2.24, 2.45) is 7.05 Å². The Kier molecular flexibility index (Phi) is 4.50. The van der Waals surface area contributed by atoms with Crippen molar-refractivity contribution in [3.8, 4) is 11.5 Å². The van der Waals surface area contributed by atoms with Gasteiger partial charge in [0.1, 0.15) is 13.2 Å². The van der Waals surface area contributed by atoms with Gasteiger partial charge in [-0.05, 0) is 12.1 Å². The van der Waals surface area contributed by atoms with Gasteiger partial charge in [-0.25, -0.2) is 4.68 Å². The van der Waals surface area contributed by atoms with Crippen LogP contribution in [0.3, 0.4) is 0 Å². The molecular formula is C20H19N3O4. The topological polar surface area (TPSA) is 82.5 Å². The van der Waals surface area contributed by atoms with Gasteiger partial charge in [0.05, 0.1) is 17.5 Å². The van der Waals surface area contributed by atoms with Gasteiger partial charge in [-0.15, -0.1) is 0 Å². The third-order valence-electron chi connectivity index (χ3n) is 4.48. The number of carbonyl (C=O) groups is 1. The number of para-hydroxylation sites is 1. The van der Waals surface area contributed by atoms with Crippen LogP contribution < -0.4 is 20.3 Å². The number of fused-ring (bicyclic) bond motifs is 2. The van der Waals surface area contributed by atoms with Crippen molar-refractivity contribution in [1.29, 1.82) is 0 Å². The average molecular weight is 365 g/mol. The first-order valence-electron chi connectivity index (χ1n) is 8.72. The molecule has 0 atom stereocenters. The van der Waals surface area contributed by atoms with Crippen LogP contribution in [0.2, 0.25) is 0 Å². The summed E-state index contributed by atoms with van der Waals surface area (Å²) in [6.45, 7) is 1.34. The zero-order valence-electron chi connectivity index (χ0n) is 14.9. The Balaban J connectivity index is 1.52. The zero-order chi connectivity index (χ0) is 18.8. The number of ether oxygens (including phenoxy) is 2. The average Bonchev–Trinajstić information content (AvgIpc) is 2.70. The lowest BCUT2D eigenvalue weighted by Gasteiger charge is -2.21. The van der Waals surface area contributed by atoms with Crippen LogP contribution in [0.4, 0.5) is 0 Å². The minimum atomic E-state index is -0.180. The number of carbonyl (C=O) groups excluding carboxylic acids is 1. The Morgan fingerprint density at radius 1 is 1.11 bits per heavy atom. The highest BCUT2D eigenvalue weighted by Gasteiger charge is 2.17. The molecule has 27 heavy (non-hydrogen) atoms. The van der Waals surface area contributed by atoms with Crippen molar-refractivity contribution in [2.75, 3.05) is 13.2 Å². The number of rotatable bonds is 4. The van der Waals surface area contributed by atoms with Gasteiger partial charge >= 0.3 is 0 Å². The first kappa shape index (κ1) is 17.1. The van der Waals surface area contributed by atoms with Crippen molar-refractivity contribution in [3.05, 3.63) is 64.1 Å². The van der Waals surface area contributed by atoms with E-state index in [4.69, 9.17) is 9.47 Å². The molecule has 0 radical (unpaired) electrons. The SMILES string of the molecule is Cn1nc(CC(=O)NCc2cccc3c2OCCO3)c2ccccc2c1=O. The largest absolute Gasteiger partial charge is 0.486 e. The molecule has 1 aromatic heterocycles. The van der Waals surface area contributed by atoms with Crippen LogP contribution in [0.5, 0.6) is 11.5 Å². The number of amides is 1. The lowest BCUT2D eigenvalue weighted by molar-refractivity contribution is -0.120. The minimum Gasteiger partial charge on any atom is -0.486 e. The van der Waals surface area contributed by atoms with Gasteiger partial charge in [-0.2, -0.15) is 5.10 Å². The van der Waals surface area contributed by atoms with E-state index >= 15 is 0 Å². The van der Waals surface area contributed by atoms with Gasteiger partial charge in [0, 0.05) is 24.5 Å². The molecule has 3 aromatic rings. The fourth-order valence-electron chi connectivity index (χ4n) is 3.19. The summed E-state index contributed by atoms with van der Waals surface area (Å²) in [6, 6.07) is 12.8. The predicted molar refractivity (Wildman–Crippen MR) is 100.0 cm³/mol. The third-order valence-corrected chi connectivity index (χ3v) is 4.48. The standard InChI is InChI=1S/C20H19N3O4/c1-23-20(25)15-7-3-2-6-14(15)16(22-23)11-18(24)21-12-13-5-4-8-17-19(13)27-10-9-26-17/h2-8H,9-12H2,1H3,(H,21,24). The summed E-state index contributed by atoms with van der Waals surface area (Å²) in [5.74, 6) is 1.19. The molecule has 1 aliphatic heterocycles. The molecule has 1 amide bonds. The molecule has 0 unspecified atom stereocenters. The molecule has 2 heterocycles. The molecule has 0 spiro atoms. The quantitative estimate of drug-likeness (QED) is 0.759. The molecule has 0 saturated heterocycles. The monoisotopic (exact) mass is 365 g/mol. The van der Waals surface area contributed by atoms with Crippen molar-refractivity contribution >= 4 is 16.7 Å². The highest BCUT2D eigenvalue weighted by atomic mass is 16.6. The molecule has 7 nitrogen and oxygen atoms in total. The van der Waals surface area contributed by atoms with E-state index in [1.165, 1.54) is 4.68 Å². The second-order valence-electron chi connectivity index (χ2n) is 6.32. The second kappa shape index (κ2) is 7.11. The second-order valence-corrected chi connectivity index (χ2v) is 6.32. The van der Waals surface area contributed by atoms with Crippen LogP contribution in [-0.2, 0) is 24.8 Å². The van der Waals surface area contributed by atoms with E-state index in [0.29, 0.717) is 47.7 Å². The lowest BCUT2D eigenvalue weighted by Crippen LogP contribution is -2.28. The fourth-order valence-corrected chi connectivity index (χ4v) is 3.19. The molecule has 1 N–H and O–H groups in total. The van der Waals surface area contributed by atoms with E-state index in [9.17, 15) is 9.59 Å². The Bertz CT molecular complexity index is 1070. The Morgan fingerprint density at radius 2 is 1.89 bits per heavy atom. The van der Waals surface area contributed by atoms with Crippen LogP contribution in [0, 0.1) is 0 Å². The Hall–Kier alpha value is -3.35. The maximum Gasteiger partial charge on any atom is 0.274 e. The molecule has 0 aliphatic carbocycles. The molecule has 2 aromatic carbocycles. The molecule has 0 fully saturated rings. The Morgan fingerprint density at radius 3 is 2.74 bits per heavy atom. The smallest absolute Gasteiger partial charge is 0.274 e. The number of nitrogens with zero attached hydrogens (tertiary/aromatic N) is 2. The van der Waals surface area contributed by atoms with E-state index in [-0.39, 0.29) is 17.9 Å². The van der Waals surface area contributed by atoms with Gasteiger partial charge < -0.3 is 14.8 Å². The zero-order valence-corrected chi connectivity index (χ0v) is 14.9. The van der Waals surface area contributed by atoms with Crippen molar-refractivity contribution < 1.29 is 14.3 Å². The molecule has 1 aliphatic rings. The van der Waals surface area contributed by atoms with Crippen LogP contribution in [0.15, 0.2) is 47.3 Å². The Labute approximate surface area is 155 Å². The fraction of sp³-hybridized carbons (Fsp3) is 0.250. The maximum absolute atomic E-state index is 12.5. The highest BCUT2D eigenvalue weighted by molar-refractivity contribution is 5.88. The number of aromatic nitrogens is 2. The number of aryl methyl sites for hydroxylation is 1. The number of nitrogens with one attached hydrogen (secondary N) is 1. The van der Waals surface area contributed by atoms with Gasteiger partial charge in [-0.1, -0.05) is 30.3 Å². The molecular weight excluding hydrogens is 346 g/mol. The summed E-state index contributed by atoms with van der Waals surface area (Å²) < 4.78 is 12.5. The first-order valence-corrected chi connectivity index (χ1v) is 8.72. The minimum absolute atomic E-state index is 0.0843. The summed E-state index contributed by atoms with van der Waals surface area (Å²) >= 11 is 0. The van der Waals surface area contributed by atoms with E-state index in [1.54, 1.807) is 19.2 Å². The number of benzene rings is 2.